The SMILES string of the molecule is CN(C(=O)CCN)c1cccc(Br)c1. The summed E-state index contributed by atoms with van der Waals surface area (Å²) in [6.45, 7) is 0.386. The second kappa shape index (κ2) is 5.12. The van der Waals surface area contributed by atoms with E-state index in [1.165, 1.54) is 0 Å². The van der Waals surface area contributed by atoms with Gasteiger partial charge in [0.2, 0.25) is 5.91 Å². The van der Waals surface area contributed by atoms with E-state index in [-0.39, 0.29) is 5.91 Å². The van der Waals surface area contributed by atoms with Gasteiger partial charge in [0, 0.05) is 30.2 Å². The van der Waals surface area contributed by atoms with Crippen molar-refractivity contribution >= 4 is 27.5 Å². The van der Waals surface area contributed by atoms with Crippen molar-refractivity contribution in [1.82, 2.24) is 0 Å². The van der Waals surface area contributed by atoms with Crippen LogP contribution in [0.4, 0.5) is 5.69 Å². The summed E-state index contributed by atoms with van der Waals surface area (Å²) in [6.07, 6.45) is 0.378. The van der Waals surface area contributed by atoms with Crippen LogP contribution in [0.15, 0.2) is 28.7 Å². The van der Waals surface area contributed by atoms with E-state index in [1.54, 1.807) is 11.9 Å². The molecule has 0 saturated heterocycles. The second-order valence-corrected chi connectivity index (χ2v) is 3.89. The van der Waals surface area contributed by atoms with Crippen molar-refractivity contribution in [3.63, 3.8) is 0 Å². The molecule has 1 aromatic carbocycles. The molecule has 14 heavy (non-hydrogen) atoms. The van der Waals surface area contributed by atoms with Gasteiger partial charge in [0.15, 0.2) is 0 Å². The number of amides is 1. The topological polar surface area (TPSA) is 46.3 Å². The third kappa shape index (κ3) is 2.82. The fraction of sp³-hybridized carbons (Fsp3) is 0.300. The van der Waals surface area contributed by atoms with Gasteiger partial charge in [-0.25, -0.2) is 0 Å². The van der Waals surface area contributed by atoms with Gasteiger partial charge >= 0.3 is 0 Å². The van der Waals surface area contributed by atoms with Gasteiger partial charge in [0.1, 0.15) is 0 Å². The molecule has 0 radical (unpaired) electrons. The van der Waals surface area contributed by atoms with Crippen molar-refractivity contribution in [3.8, 4) is 0 Å². The van der Waals surface area contributed by atoms with Crippen molar-refractivity contribution in [1.29, 1.82) is 0 Å². The molecule has 3 nitrogen and oxygen atoms in total. The predicted molar refractivity (Wildman–Crippen MR) is 61.2 cm³/mol. The molecule has 1 rings (SSSR count). The normalized spacial score (nSPS) is 9.93. The summed E-state index contributed by atoms with van der Waals surface area (Å²) < 4.78 is 0.961. The minimum atomic E-state index is 0.0330. The molecule has 0 aliphatic rings. The summed E-state index contributed by atoms with van der Waals surface area (Å²) in [4.78, 5) is 13.1. The Kier molecular flexibility index (Phi) is 4.10. The Labute approximate surface area is 92.0 Å². The van der Waals surface area contributed by atoms with Crippen molar-refractivity contribution < 1.29 is 4.79 Å². The number of nitrogens with zero attached hydrogens (tertiary/aromatic N) is 1. The first-order valence-electron chi connectivity index (χ1n) is 4.37. The first-order chi connectivity index (χ1) is 6.65. The van der Waals surface area contributed by atoms with Gasteiger partial charge in [0.05, 0.1) is 0 Å². The lowest BCUT2D eigenvalue weighted by molar-refractivity contribution is -0.118. The molecular weight excluding hydrogens is 244 g/mol. The van der Waals surface area contributed by atoms with Crippen LogP contribution >= 0.6 is 15.9 Å². The van der Waals surface area contributed by atoms with Crippen LogP contribution < -0.4 is 10.6 Å². The Bertz CT molecular complexity index is 328. The fourth-order valence-corrected chi connectivity index (χ4v) is 1.51. The minimum absolute atomic E-state index is 0.0330. The largest absolute Gasteiger partial charge is 0.330 e. The summed E-state index contributed by atoms with van der Waals surface area (Å²) in [5.74, 6) is 0.0330. The van der Waals surface area contributed by atoms with E-state index >= 15 is 0 Å². The summed E-state index contributed by atoms with van der Waals surface area (Å²) >= 11 is 3.36. The van der Waals surface area contributed by atoms with E-state index in [2.05, 4.69) is 15.9 Å². The standard InChI is InChI=1S/C10H13BrN2O/c1-13(10(14)5-6-12)9-4-2-3-8(11)7-9/h2-4,7H,5-6,12H2,1H3. The lowest BCUT2D eigenvalue weighted by Gasteiger charge is -2.16. The maximum absolute atomic E-state index is 11.5. The number of carbonyl (C=O) groups is 1. The van der Waals surface area contributed by atoms with Gasteiger partial charge in [-0.3, -0.25) is 4.79 Å². The fourth-order valence-electron chi connectivity index (χ4n) is 1.12. The zero-order chi connectivity index (χ0) is 10.6. The average molecular weight is 257 g/mol. The molecule has 1 aromatic rings. The number of carbonyl (C=O) groups excluding carboxylic acids is 1. The number of anilines is 1. The zero-order valence-electron chi connectivity index (χ0n) is 8.03. The van der Waals surface area contributed by atoms with Crippen LogP contribution in [0.25, 0.3) is 0 Å². The highest BCUT2D eigenvalue weighted by molar-refractivity contribution is 9.10. The van der Waals surface area contributed by atoms with Gasteiger partial charge in [-0.1, -0.05) is 22.0 Å². The summed E-state index contributed by atoms with van der Waals surface area (Å²) in [7, 11) is 1.75. The molecule has 0 bridgehead atoms. The van der Waals surface area contributed by atoms with Crippen LogP contribution in [-0.2, 0) is 4.79 Å². The number of rotatable bonds is 3. The Morgan fingerprint density at radius 2 is 2.29 bits per heavy atom. The lowest BCUT2D eigenvalue weighted by Crippen LogP contribution is -2.27. The van der Waals surface area contributed by atoms with Crippen LogP contribution in [0.3, 0.4) is 0 Å². The van der Waals surface area contributed by atoms with Crippen LogP contribution in [0, 0.1) is 0 Å². The summed E-state index contributed by atoms with van der Waals surface area (Å²) in [6, 6.07) is 7.60. The molecule has 0 aliphatic heterocycles. The predicted octanol–water partition coefficient (Wildman–Crippen LogP) is 1.76. The third-order valence-corrected chi connectivity index (χ3v) is 2.42. The Balaban J connectivity index is 2.78. The van der Waals surface area contributed by atoms with Crippen molar-refractivity contribution in [2.75, 3.05) is 18.5 Å². The number of benzene rings is 1. The second-order valence-electron chi connectivity index (χ2n) is 2.97. The number of hydrogen-bond donors (Lipinski definition) is 1. The first kappa shape index (κ1) is 11.2. The van der Waals surface area contributed by atoms with E-state index in [0.717, 1.165) is 10.2 Å². The highest BCUT2D eigenvalue weighted by Gasteiger charge is 2.09. The van der Waals surface area contributed by atoms with Gasteiger partial charge in [-0.05, 0) is 18.2 Å². The van der Waals surface area contributed by atoms with Crippen LogP contribution in [0.1, 0.15) is 6.42 Å². The van der Waals surface area contributed by atoms with Gasteiger partial charge < -0.3 is 10.6 Å². The van der Waals surface area contributed by atoms with Crippen LogP contribution in [-0.4, -0.2) is 19.5 Å². The summed E-state index contributed by atoms with van der Waals surface area (Å²) in [5.41, 5.74) is 6.19. The Hall–Kier alpha value is -0.870. The number of nitrogens with two attached hydrogens (primary N) is 1. The molecule has 0 aliphatic carbocycles. The van der Waals surface area contributed by atoms with Crippen molar-refractivity contribution in [2.45, 2.75) is 6.42 Å². The first-order valence-corrected chi connectivity index (χ1v) is 5.16. The highest BCUT2D eigenvalue weighted by atomic mass is 79.9. The molecule has 4 heteroatoms. The van der Waals surface area contributed by atoms with Gasteiger partial charge in [-0.15, -0.1) is 0 Å². The molecule has 0 unspecified atom stereocenters. The molecule has 0 fully saturated rings. The maximum atomic E-state index is 11.5. The van der Waals surface area contributed by atoms with Gasteiger partial charge in [0.25, 0.3) is 0 Å². The summed E-state index contributed by atoms with van der Waals surface area (Å²) in [5, 5.41) is 0. The van der Waals surface area contributed by atoms with E-state index in [1.807, 2.05) is 24.3 Å². The zero-order valence-corrected chi connectivity index (χ0v) is 9.62. The molecule has 0 saturated carbocycles. The molecular formula is C10H13BrN2O. The molecule has 0 heterocycles. The molecule has 0 atom stereocenters. The smallest absolute Gasteiger partial charge is 0.227 e. The average Bonchev–Trinajstić information content (AvgIpc) is 2.17. The molecule has 1 amide bonds. The number of halogens is 1. The Morgan fingerprint density at radius 1 is 1.57 bits per heavy atom. The van der Waals surface area contributed by atoms with E-state index in [9.17, 15) is 4.79 Å². The van der Waals surface area contributed by atoms with Crippen LogP contribution in [0.2, 0.25) is 0 Å². The molecule has 0 aromatic heterocycles. The molecule has 0 spiro atoms. The van der Waals surface area contributed by atoms with Crippen molar-refractivity contribution in [3.05, 3.63) is 28.7 Å². The quantitative estimate of drug-likeness (QED) is 0.896. The van der Waals surface area contributed by atoms with E-state index in [0.29, 0.717) is 13.0 Å². The lowest BCUT2D eigenvalue weighted by atomic mass is 10.3. The number of hydrogen-bond acceptors (Lipinski definition) is 2. The van der Waals surface area contributed by atoms with Crippen LogP contribution in [0.5, 0.6) is 0 Å². The van der Waals surface area contributed by atoms with Crippen molar-refractivity contribution in [2.24, 2.45) is 5.73 Å². The molecule has 76 valence electrons. The Morgan fingerprint density at radius 3 is 2.86 bits per heavy atom. The van der Waals surface area contributed by atoms with Gasteiger partial charge in [-0.2, -0.15) is 0 Å². The van der Waals surface area contributed by atoms with E-state index in [4.69, 9.17) is 5.73 Å². The highest BCUT2D eigenvalue weighted by Crippen LogP contribution is 2.19. The molecule has 2 N–H and O–H groups in total. The monoisotopic (exact) mass is 256 g/mol. The van der Waals surface area contributed by atoms with E-state index < -0.39 is 0 Å². The maximum Gasteiger partial charge on any atom is 0.227 e. The third-order valence-electron chi connectivity index (χ3n) is 1.93. The minimum Gasteiger partial charge on any atom is -0.330 e.